The highest BCUT2D eigenvalue weighted by atomic mass is 35.5. The molecular formula is C14H15ClOS. The Hall–Kier alpha value is -0.700. The summed E-state index contributed by atoms with van der Waals surface area (Å²) >= 11 is 7.35. The number of alkyl halides is 1. The van der Waals surface area contributed by atoms with Crippen molar-refractivity contribution in [1.29, 1.82) is 0 Å². The molecule has 0 bridgehead atoms. The molecule has 0 unspecified atom stereocenters. The summed E-state index contributed by atoms with van der Waals surface area (Å²) in [4.78, 5) is 1.29. The lowest BCUT2D eigenvalue weighted by atomic mass is 10.1. The summed E-state index contributed by atoms with van der Waals surface area (Å²) in [5.74, 6) is 1.54. The highest BCUT2D eigenvalue weighted by Gasteiger charge is 1.97. The van der Waals surface area contributed by atoms with Crippen LogP contribution in [0.4, 0.5) is 0 Å². The van der Waals surface area contributed by atoms with E-state index >= 15 is 0 Å². The van der Waals surface area contributed by atoms with E-state index in [1.807, 2.05) is 11.8 Å². The summed E-state index contributed by atoms with van der Waals surface area (Å²) in [6.07, 6.45) is 0. The number of ether oxygens (including phenoxy) is 1. The first-order valence-corrected chi connectivity index (χ1v) is 7.17. The monoisotopic (exact) mass is 266 g/mol. The van der Waals surface area contributed by atoms with Gasteiger partial charge in [0, 0.05) is 16.5 Å². The molecule has 0 atom stereocenters. The van der Waals surface area contributed by atoms with Crippen molar-refractivity contribution >= 4 is 34.1 Å². The average molecular weight is 267 g/mol. The normalized spacial score (nSPS) is 10.9. The SMILES string of the molecule is ClCCOCCSc1ccc2ccccc2c1. The standard InChI is InChI=1S/C14H15ClOS/c15-7-8-16-9-10-17-14-6-5-12-3-1-2-4-13(12)11-14/h1-6,11H,7-10H2. The number of rotatable bonds is 6. The Morgan fingerprint density at radius 3 is 2.65 bits per heavy atom. The van der Waals surface area contributed by atoms with Gasteiger partial charge in [-0.3, -0.25) is 0 Å². The molecule has 90 valence electrons. The highest BCUT2D eigenvalue weighted by molar-refractivity contribution is 7.99. The van der Waals surface area contributed by atoms with Crippen LogP contribution < -0.4 is 0 Å². The second-order valence-corrected chi connectivity index (χ2v) is 5.21. The first-order chi connectivity index (χ1) is 8.40. The Labute approximate surface area is 111 Å². The molecule has 0 aromatic heterocycles. The summed E-state index contributed by atoms with van der Waals surface area (Å²) < 4.78 is 5.34. The fourth-order valence-corrected chi connectivity index (χ4v) is 2.55. The van der Waals surface area contributed by atoms with Gasteiger partial charge in [0.25, 0.3) is 0 Å². The number of halogens is 1. The van der Waals surface area contributed by atoms with Gasteiger partial charge in [0.15, 0.2) is 0 Å². The molecule has 3 heteroatoms. The van der Waals surface area contributed by atoms with E-state index in [0.29, 0.717) is 12.5 Å². The molecule has 0 saturated carbocycles. The van der Waals surface area contributed by atoms with Crippen LogP contribution >= 0.6 is 23.4 Å². The molecule has 1 nitrogen and oxygen atoms in total. The minimum absolute atomic E-state index is 0.570. The van der Waals surface area contributed by atoms with Crippen LogP contribution in [-0.2, 0) is 4.74 Å². The Morgan fingerprint density at radius 2 is 1.82 bits per heavy atom. The fraction of sp³-hybridized carbons (Fsp3) is 0.286. The second-order valence-electron chi connectivity index (χ2n) is 3.66. The second kappa shape index (κ2) is 6.90. The lowest BCUT2D eigenvalue weighted by molar-refractivity contribution is 0.166. The predicted octanol–water partition coefficient (Wildman–Crippen LogP) is 4.19. The zero-order valence-corrected chi connectivity index (χ0v) is 11.1. The molecule has 0 amide bonds. The summed E-state index contributed by atoms with van der Waals surface area (Å²) in [6, 6.07) is 15.0. The topological polar surface area (TPSA) is 9.23 Å². The minimum Gasteiger partial charge on any atom is -0.379 e. The molecule has 0 saturated heterocycles. The van der Waals surface area contributed by atoms with Crippen LogP contribution in [0.1, 0.15) is 0 Å². The predicted molar refractivity (Wildman–Crippen MR) is 76.2 cm³/mol. The van der Waals surface area contributed by atoms with E-state index < -0.39 is 0 Å². The van der Waals surface area contributed by atoms with Crippen LogP contribution in [0.5, 0.6) is 0 Å². The summed E-state index contributed by atoms with van der Waals surface area (Å²) in [7, 11) is 0. The molecule has 0 heterocycles. The third-order valence-corrected chi connectivity index (χ3v) is 3.55. The summed E-state index contributed by atoms with van der Waals surface area (Å²) in [5, 5.41) is 2.58. The van der Waals surface area contributed by atoms with Crippen LogP contribution in [0.3, 0.4) is 0 Å². The number of hydrogen-bond donors (Lipinski definition) is 0. The molecule has 0 spiro atoms. The van der Waals surface area contributed by atoms with E-state index in [9.17, 15) is 0 Å². The zero-order chi connectivity index (χ0) is 11.9. The highest BCUT2D eigenvalue weighted by Crippen LogP contribution is 2.23. The maximum absolute atomic E-state index is 5.53. The van der Waals surface area contributed by atoms with Crippen molar-refractivity contribution in [1.82, 2.24) is 0 Å². The van der Waals surface area contributed by atoms with Gasteiger partial charge in [0.05, 0.1) is 13.2 Å². The molecule has 0 aliphatic carbocycles. The molecule has 0 radical (unpaired) electrons. The van der Waals surface area contributed by atoms with Gasteiger partial charge in [0.2, 0.25) is 0 Å². The zero-order valence-electron chi connectivity index (χ0n) is 9.56. The number of fused-ring (bicyclic) bond motifs is 1. The van der Waals surface area contributed by atoms with Gasteiger partial charge in [-0.05, 0) is 22.9 Å². The number of thioether (sulfide) groups is 1. The third kappa shape index (κ3) is 3.91. The molecular weight excluding hydrogens is 252 g/mol. The Bertz CT molecular complexity index is 472. The van der Waals surface area contributed by atoms with Crippen molar-refractivity contribution in [2.45, 2.75) is 4.90 Å². The van der Waals surface area contributed by atoms with E-state index in [1.165, 1.54) is 15.7 Å². The van der Waals surface area contributed by atoms with Crippen molar-refractivity contribution in [3.05, 3.63) is 42.5 Å². The summed E-state index contributed by atoms with van der Waals surface area (Å²) in [5.41, 5.74) is 0. The van der Waals surface area contributed by atoms with Crippen molar-refractivity contribution in [2.75, 3.05) is 24.8 Å². The van der Waals surface area contributed by atoms with E-state index in [4.69, 9.17) is 16.3 Å². The van der Waals surface area contributed by atoms with Gasteiger partial charge in [-0.15, -0.1) is 23.4 Å². The lowest BCUT2D eigenvalue weighted by Gasteiger charge is -2.04. The smallest absolute Gasteiger partial charge is 0.0602 e. The summed E-state index contributed by atoms with van der Waals surface area (Å²) in [6.45, 7) is 1.39. The van der Waals surface area contributed by atoms with E-state index in [2.05, 4.69) is 42.5 Å². The quantitative estimate of drug-likeness (QED) is 0.441. The molecule has 2 aromatic rings. The van der Waals surface area contributed by atoms with Gasteiger partial charge < -0.3 is 4.74 Å². The maximum atomic E-state index is 5.53. The van der Waals surface area contributed by atoms with Gasteiger partial charge in [-0.25, -0.2) is 0 Å². The maximum Gasteiger partial charge on any atom is 0.0602 e. The van der Waals surface area contributed by atoms with E-state index in [0.717, 1.165) is 12.4 Å². The Balaban J connectivity index is 1.90. The number of benzene rings is 2. The number of hydrogen-bond acceptors (Lipinski definition) is 2. The molecule has 0 aliphatic heterocycles. The fourth-order valence-electron chi connectivity index (χ4n) is 1.63. The molecule has 0 fully saturated rings. The molecule has 17 heavy (non-hydrogen) atoms. The first-order valence-electron chi connectivity index (χ1n) is 5.65. The van der Waals surface area contributed by atoms with Gasteiger partial charge >= 0.3 is 0 Å². The Kier molecular flexibility index (Phi) is 5.17. The van der Waals surface area contributed by atoms with Crippen LogP contribution in [0.25, 0.3) is 10.8 Å². The minimum atomic E-state index is 0.570. The van der Waals surface area contributed by atoms with Crippen LogP contribution in [0.15, 0.2) is 47.4 Å². The van der Waals surface area contributed by atoms with Crippen molar-refractivity contribution < 1.29 is 4.74 Å². The van der Waals surface area contributed by atoms with Gasteiger partial charge in [-0.1, -0.05) is 30.3 Å². The van der Waals surface area contributed by atoms with E-state index in [-0.39, 0.29) is 0 Å². The Morgan fingerprint density at radius 1 is 1.00 bits per heavy atom. The first kappa shape index (κ1) is 12.7. The molecule has 2 aromatic carbocycles. The van der Waals surface area contributed by atoms with Gasteiger partial charge in [0.1, 0.15) is 0 Å². The van der Waals surface area contributed by atoms with Gasteiger partial charge in [-0.2, -0.15) is 0 Å². The van der Waals surface area contributed by atoms with Crippen molar-refractivity contribution in [2.24, 2.45) is 0 Å². The van der Waals surface area contributed by atoms with E-state index in [1.54, 1.807) is 0 Å². The molecule has 0 N–H and O–H groups in total. The van der Waals surface area contributed by atoms with Crippen LogP contribution in [-0.4, -0.2) is 24.8 Å². The van der Waals surface area contributed by atoms with Crippen molar-refractivity contribution in [3.8, 4) is 0 Å². The van der Waals surface area contributed by atoms with Crippen LogP contribution in [0, 0.1) is 0 Å². The molecule has 0 aliphatic rings. The van der Waals surface area contributed by atoms with Crippen LogP contribution in [0.2, 0.25) is 0 Å². The molecule has 2 rings (SSSR count). The third-order valence-electron chi connectivity index (χ3n) is 2.44. The largest absolute Gasteiger partial charge is 0.379 e. The average Bonchev–Trinajstić information content (AvgIpc) is 2.38. The van der Waals surface area contributed by atoms with Crippen molar-refractivity contribution in [3.63, 3.8) is 0 Å². The lowest BCUT2D eigenvalue weighted by Crippen LogP contribution is -1.99.